The molecule has 4 fully saturated rings. The van der Waals surface area contributed by atoms with E-state index in [-0.39, 0.29) is 17.7 Å². The number of amides is 2. The number of carbonyl (C=O) groups is 2. The van der Waals surface area contributed by atoms with Crippen molar-refractivity contribution in [3.63, 3.8) is 0 Å². The average Bonchev–Trinajstić information content (AvgIpc) is 2.62. The molecule has 140 valence electrons. The van der Waals surface area contributed by atoms with Crippen LogP contribution in [0.25, 0.3) is 0 Å². The van der Waals surface area contributed by atoms with E-state index in [1.807, 2.05) is 4.90 Å². The van der Waals surface area contributed by atoms with Crippen molar-refractivity contribution in [1.29, 1.82) is 0 Å². The smallest absolute Gasteiger partial charge is 0.226 e. The van der Waals surface area contributed by atoms with Crippen molar-refractivity contribution >= 4 is 11.8 Å². The van der Waals surface area contributed by atoms with Crippen molar-refractivity contribution in [3.8, 4) is 0 Å². The highest BCUT2D eigenvalue weighted by Gasteiger charge is 2.39. The molecular weight excluding hydrogens is 316 g/mol. The van der Waals surface area contributed by atoms with Gasteiger partial charge in [-0.25, -0.2) is 0 Å². The quantitative estimate of drug-likeness (QED) is 0.815. The van der Waals surface area contributed by atoms with Gasteiger partial charge in [-0.1, -0.05) is 19.3 Å². The first-order chi connectivity index (χ1) is 12.2. The topological polar surface area (TPSA) is 55.9 Å². The van der Waals surface area contributed by atoms with Crippen LogP contribution in [0.5, 0.6) is 0 Å². The second-order valence-electron chi connectivity index (χ2n) is 8.30. The third-order valence-electron chi connectivity index (χ3n) is 6.73. The first kappa shape index (κ1) is 17.3. The summed E-state index contributed by atoms with van der Waals surface area (Å²) in [5.41, 5.74) is 0. The van der Waals surface area contributed by atoms with Crippen LogP contribution >= 0.6 is 0 Å². The maximum atomic E-state index is 12.5. The van der Waals surface area contributed by atoms with Gasteiger partial charge in [-0.05, 0) is 19.3 Å². The summed E-state index contributed by atoms with van der Waals surface area (Å²) >= 11 is 0. The number of hydrogen-bond donors (Lipinski definition) is 1. The maximum absolute atomic E-state index is 12.5. The SMILES string of the molecule is O=C1CC(C(=O)N2CC(N3CCN(C4CCCCC4)CC3)C2)CCN1. The molecule has 1 atom stereocenters. The molecule has 0 aromatic carbocycles. The number of nitrogens with zero attached hydrogens (tertiary/aromatic N) is 3. The molecule has 6 nitrogen and oxygen atoms in total. The number of carbonyl (C=O) groups excluding carboxylic acids is 2. The summed E-state index contributed by atoms with van der Waals surface area (Å²) in [6.45, 7) is 7.05. The van der Waals surface area contributed by atoms with Crippen LogP contribution in [-0.2, 0) is 9.59 Å². The van der Waals surface area contributed by atoms with E-state index in [1.165, 1.54) is 45.2 Å². The Morgan fingerprint density at radius 1 is 0.880 bits per heavy atom. The van der Waals surface area contributed by atoms with E-state index in [0.717, 1.165) is 38.6 Å². The maximum Gasteiger partial charge on any atom is 0.226 e. The van der Waals surface area contributed by atoms with Gasteiger partial charge in [-0.2, -0.15) is 0 Å². The number of rotatable bonds is 3. The summed E-state index contributed by atoms with van der Waals surface area (Å²) in [6, 6.07) is 1.36. The summed E-state index contributed by atoms with van der Waals surface area (Å²) in [7, 11) is 0. The molecular formula is C19H32N4O2. The van der Waals surface area contributed by atoms with E-state index in [9.17, 15) is 9.59 Å². The monoisotopic (exact) mass is 348 g/mol. The summed E-state index contributed by atoms with van der Waals surface area (Å²) < 4.78 is 0. The van der Waals surface area contributed by atoms with Crippen molar-refractivity contribution in [2.75, 3.05) is 45.8 Å². The van der Waals surface area contributed by atoms with Gasteiger partial charge in [0.05, 0.1) is 0 Å². The van der Waals surface area contributed by atoms with Crippen LogP contribution in [0.2, 0.25) is 0 Å². The first-order valence-corrected chi connectivity index (χ1v) is 10.2. The molecule has 3 saturated heterocycles. The lowest BCUT2D eigenvalue weighted by atomic mass is 9.92. The van der Waals surface area contributed by atoms with Crippen LogP contribution in [-0.4, -0.2) is 84.4 Å². The van der Waals surface area contributed by atoms with Crippen molar-refractivity contribution < 1.29 is 9.59 Å². The molecule has 3 heterocycles. The van der Waals surface area contributed by atoms with Gasteiger partial charge in [0.1, 0.15) is 0 Å². The highest BCUT2D eigenvalue weighted by atomic mass is 16.2. The molecule has 0 radical (unpaired) electrons. The molecule has 1 aliphatic carbocycles. The molecule has 1 unspecified atom stereocenters. The Hall–Kier alpha value is -1.14. The zero-order chi connectivity index (χ0) is 17.2. The predicted molar refractivity (Wildman–Crippen MR) is 96.1 cm³/mol. The van der Waals surface area contributed by atoms with Gasteiger partial charge < -0.3 is 10.2 Å². The van der Waals surface area contributed by atoms with Crippen LogP contribution < -0.4 is 5.32 Å². The first-order valence-electron chi connectivity index (χ1n) is 10.2. The lowest BCUT2D eigenvalue weighted by Gasteiger charge is -2.50. The van der Waals surface area contributed by atoms with Crippen LogP contribution in [0.15, 0.2) is 0 Å². The van der Waals surface area contributed by atoms with Gasteiger partial charge in [0.25, 0.3) is 0 Å². The van der Waals surface area contributed by atoms with Crippen molar-refractivity contribution in [2.45, 2.75) is 57.0 Å². The van der Waals surface area contributed by atoms with Crippen LogP contribution in [0.3, 0.4) is 0 Å². The molecule has 0 spiro atoms. The lowest BCUT2D eigenvalue weighted by molar-refractivity contribution is -0.147. The molecule has 1 saturated carbocycles. The molecule has 6 heteroatoms. The molecule has 3 aliphatic heterocycles. The van der Waals surface area contributed by atoms with Gasteiger partial charge in [-0.15, -0.1) is 0 Å². The van der Waals surface area contributed by atoms with Crippen LogP contribution in [0.4, 0.5) is 0 Å². The average molecular weight is 348 g/mol. The van der Waals surface area contributed by atoms with E-state index in [0.29, 0.717) is 19.0 Å². The summed E-state index contributed by atoms with van der Waals surface area (Å²) in [5, 5.41) is 2.81. The molecule has 0 bridgehead atoms. The van der Waals surface area contributed by atoms with Gasteiger partial charge in [-0.3, -0.25) is 19.4 Å². The Kier molecular flexibility index (Phi) is 5.27. The fraction of sp³-hybridized carbons (Fsp3) is 0.895. The van der Waals surface area contributed by atoms with Gasteiger partial charge in [0.15, 0.2) is 0 Å². The summed E-state index contributed by atoms with van der Waals surface area (Å²) in [4.78, 5) is 31.3. The number of piperazine rings is 1. The normalized spacial score (nSPS) is 30.8. The Morgan fingerprint density at radius 3 is 2.16 bits per heavy atom. The standard InChI is InChI=1S/C19H32N4O2/c24-18-12-15(6-7-20-18)19(25)23-13-17(14-23)22-10-8-21(9-11-22)16-4-2-1-3-5-16/h15-17H,1-14H2,(H,20,24). The number of likely N-dealkylation sites (tertiary alicyclic amines) is 1. The Labute approximate surface area is 150 Å². The van der Waals surface area contributed by atoms with Crippen molar-refractivity contribution in [1.82, 2.24) is 20.0 Å². The second-order valence-corrected chi connectivity index (χ2v) is 8.30. The molecule has 2 amide bonds. The van der Waals surface area contributed by atoms with Crippen molar-refractivity contribution in [2.24, 2.45) is 5.92 Å². The summed E-state index contributed by atoms with van der Waals surface area (Å²) in [6.07, 6.45) is 8.19. The zero-order valence-corrected chi connectivity index (χ0v) is 15.3. The van der Waals surface area contributed by atoms with E-state index in [1.54, 1.807) is 0 Å². The van der Waals surface area contributed by atoms with Crippen molar-refractivity contribution in [3.05, 3.63) is 0 Å². The van der Waals surface area contributed by atoms with E-state index >= 15 is 0 Å². The minimum absolute atomic E-state index is 0.0282. The molecule has 4 aliphatic rings. The van der Waals surface area contributed by atoms with Gasteiger partial charge in [0.2, 0.25) is 11.8 Å². The molecule has 4 rings (SSSR count). The van der Waals surface area contributed by atoms with Gasteiger partial charge >= 0.3 is 0 Å². The number of nitrogens with one attached hydrogen (secondary N) is 1. The molecule has 25 heavy (non-hydrogen) atoms. The minimum Gasteiger partial charge on any atom is -0.356 e. The van der Waals surface area contributed by atoms with E-state index in [4.69, 9.17) is 0 Å². The third-order valence-corrected chi connectivity index (χ3v) is 6.73. The highest BCUT2D eigenvalue weighted by Crippen LogP contribution is 2.26. The molecule has 1 N–H and O–H groups in total. The largest absolute Gasteiger partial charge is 0.356 e. The third kappa shape index (κ3) is 3.85. The van der Waals surface area contributed by atoms with E-state index in [2.05, 4.69) is 15.1 Å². The second kappa shape index (κ2) is 7.62. The zero-order valence-electron chi connectivity index (χ0n) is 15.3. The fourth-order valence-corrected chi connectivity index (χ4v) is 5.03. The summed E-state index contributed by atoms with van der Waals surface area (Å²) in [5.74, 6) is 0.144. The van der Waals surface area contributed by atoms with Crippen LogP contribution in [0.1, 0.15) is 44.9 Å². The number of hydrogen-bond acceptors (Lipinski definition) is 4. The van der Waals surface area contributed by atoms with Gasteiger partial charge in [0, 0.05) is 70.2 Å². The molecule has 0 aromatic heterocycles. The Balaban J connectivity index is 1.19. The minimum atomic E-state index is -0.0853. The molecule has 0 aromatic rings. The Bertz CT molecular complexity index is 492. The fourth-order valence-electron chi connectivity index (χ4n) is 5.03. The lowest BCUT2D eigenvalue weighted by Crippen LogP contribution is -2.65. The van der Waals surface area contributed by atoms with Crippen LogP contribution in [0, 0.1) is 5.92 Å². The highest BCUT2D eigenvalue weighted by molar-refractivity contribution is 5.87. The van der Waals surface area contributed by atoms with E-state index < -0.39 is 0 Å². The number of piperidine rings is 1. The Morgan fingerprint density at radius 2 is 1.52 bits per heavy atom. The predicted octanol–water partition coefficient (Wildman–Crippen LogP) is 0.674.